The minimum atomic E-state index is -0.324. The highest BCUT2D eigenvalue weighted by atomic mass is 16.5. The van der Waals surface area contributed by atoms with Gasteiger partial charge in [0.2, 0.25) is 0 Å². The van der Waals surface area contributed by atoms with E-state index in [4.69, 9.17) is 9.15 Å². The molecule has 0 radical (unpaired) electrons. The van der Waals surface area contributed by atoms with Crippen molar-refractivity contribution in [1.29, 1.82) is 0 Å². The molecule has 0 saturated carbocycles. The molecule has 0 fully saturated rings. The molecule has 0 spiro atoms. The van der Waals surface area contributed by atoms with Crippen molar-refractivity contribution in [3.63, 3.8) is 0 Å². The summed E-state index contributed by atoms with van der Waals surface area (Å²) in [6.45, 7) is 0. The van der Waals surface area contributed by atoms with Crippen LogP contribution in [0, 0.1) is 0 Å². The minimum absolute atomic E-state index is 0.324. The van der Waals surface area contributed by atoms with Crippen molar-refractivity contribution in [2.24, 2.45) is 0 Å². The number of para-hydroxylation sites is 2. The minimum Gasteiger partial charge on any atom is -0.463 e. The number of fused-ring (bicyclic) bond motifs is 11. The van der Waals surface area contributed by atoms with E-state index in [-0.39, 0.29) is 6.23 Å². The molecule has 0 bridgehead atoms. The maximum Gasteiger partial charge on any atom is 0.197 e. The molecule has 1 atom stereocenters. The highest BCUT2D eigenvalue weighted by Gasteiger charge is 2.29. The molecule has 3 heterocycles. The Balaban J connectivity index is 1.18. The van der Waals surface area contributed by atoms with Gasteiger partial charge >= 0.3 is 0 Å². The van der Waals surface area contributed by atoms with Gasteiger partial charge in [0, 0.05) is 27.1 Å². The average Bonchev–Trinajstić information content (AvgIpc) is 3.76. The van der Waals surface area contributed by atoms with Gasteiger partial charge in [-0.25, -0.2) is 0 Å². The van der Waals surface area contributed by atoms with Crippen molar-refractivity contribution in [2.75, 3.05) is 5.32 Å². The van der Waals surface area contributed by atoms with E-state index in [9.17, 15) is 0 Å². The van der Waals surface area contributed by atoms with E-state index < -0.39 is 0 Å². The normalized spacial score (nSPS) is 14.7. The molecule has 1 aliphatic rings. The second-order valence-corrected chi connectivity index (χ2v) is 11.3. The lowest BCUT2D eigenvalue weighted by Crippen LogP contribution is -2.11. The summed E-state index contributed by atoms with van der Waals surface area (Å²) in [5, 5.41) is 13.1. The van der Waals surface area contributed by atoms with Crippen molar-refractivity contribution in [3.8, 4) is 11.4 Å². The number of nitrogens with zero attached hydrogens (tertiary/aromatic N) is 1. The topological polar surface area (TPSA) is 39.3 Å². The van der Waals surface area contributed by atoms with E-state index >= 15 is 0 Å². The number of hydrogen-bond donors (Lipinski definition) is 1. The molecule has 9 aromatic rings. The van der Waals surface area contributed by atoms with Gasteiger partial charge in [-0.15, -0.1) is 0 Å². The Morgan fingerprint density at radius 1 is 0.512 bits per heavy atom. The predicted molar refractivity (Wildman–Crippen MR) is 177 cm³/mol. The lowest BCUT2D eigenvalue weighted by atomic mass is 10.0. The molecule has 202 valence electrons. The van der Waals surface area contributed by atoms with Crippen molar-refractivity contribution >= 4 is 71.0 Å². The zero-order chi connectivity index (χ0) is 28.1. The number of nitrogens with one attached hydrogen (secondary N) is 1. The second kappa shape index (κ2) is 8.40. The summed E-state index contributed by atoms with van der Waals surface area (Å²) in [5.74, 6) is 0.842. The Hall–Kier alpha value is -5.74. The highest BCUT2D eigenvalue weighted by Crippen LogP contribution is 2.48. The molecule has 0 amide bonds. The van der Waals surface area contributed by atoms with Crippen LogP contribution in [0.25, 0.3) is 71.0 Å². The lowest BCUT2D eigenvalue weighted by molar-refractivity contribution is 0.264. The Labute approximate surface area is 246 Å². The maximum atomic E-state index is 6.72. The Bertz CT molecular complexity index is 2590. The van der Waals surface area contributed by atoms with Crippen molar-refractivity contribution in [2.45, 2.75) is 6.23 Å². The standard InChI is InChI=1S/C39H24N2O2/c1-2-10-24-23(9-1)17-20-33-36(24)28-13-5-7-15-31(28)41(33)32-21-18-27(25-11-3-4-12-26(25)32)39-40-30-19-22-35-37(38(30)43-39)29-14-6-8-16-34(29)42-35/h1-22,39-40H. The first kappa shape index (κ1) is 22.9. The van der Waals surface area contributed by atoms with Gasteiger partial charge in [0.1, 0.15) is 11.2 Å². The molecule has 2 aromatic heterocycles. The third kappa shape index (κ3) is 3.10. The smallest absolute Gasteiger partial charge is 0.197 e. The first-order valence-electron chi connectivity index (χ1n) is 14.6. The number of anilines is 1. The zero-order valence-electron chi connectivity index (χ0n) is 23.0. The van der Waals surface area contributed by atoms with Gasteiger partial charge in [-0.1, -0.05) is 97.1 Å². The van der Waals surface area contributed by atoms with Crippen LogP contribution in [-0.4, -0.2) is 4.57 Å². The molecule has 1 N–H and O–H groups in total. The Morgan fingerprint density at radius 3 is 2.16 bits per heavy atom. The van der Waals surface area contributed by atoms with Gasteiger partial charge in [-0.05, 0) is 52.6 Å². The molecular formula is C39H24N2O2. The summed E-state index contributed by atoms with van der Waals surface area (Å²) < 4.78 is 15.3. The van der Waals surface area contributed by atoms with Gasteiger partial charge in [0.25, 0.3) is 0 Å². The zero-order valence-corrected chi connectivity index (χ0v) is 23.0. The number of ether oxygens (including phenoxy) is 1. The molecule has 7 aromatic carbocycles. The highest BCUT2D eigenvalue weighted by molar-refractivity contribution is 6.21. The molecular weight excluding hydrogens is 528 g/mol. The first-order chi connectivity index (χ1) is 21.3. The van der Waals surface area contributed by atoms with Crippen LogP contribution in [-0.2, 0) is 0 Å². The van der Waals surface area contributed by atoms with Gasteiger partial charge in [-0.2, -0.15) is 0 Å². The Morgan fingerprint density at radius 2 is 1.26 bits per heavy atom. The van der Waals surface area contributed by atoms with E-state index in [1.54, 1.807) is 0 Å². The Kier molecular flexibility index (Phi) is 4.47. The number of aromatic nitrogens is 1. The SMILES string of the molecule is c1ccc2c(c1)ccc1c2c2ccccc2n1-c1ccc(C2Nc3ccc4oc5ccccc5c4c3O2)c2ccccc12. The summed E-state index contributed by atoms with van der Waals surface area (Å²) in [5.41, 5.74) is 7.33. The van der Waals surface area contributed by atoms with Crippen LogP contribution in [0.3, 0.4) is 0 Å². The fourth-order valence-electron chi connectivity index (χ4n) is 7.18. The van der Waals surface area contributed by atoms with Crippen LogP contribution < -0.4 is 10.1 Å². The van der Waals surface area contributed by atoms with E-state index in [0.717, 1.165) is 50.0 Å². The fraction of sp³-hybridized carbons (Fsp3) is 0.0256. The third-order valence-corrected chi connectivity index (χ3v) is 9.04. The van der Waals surface area contributed by atoms with Crippen LogP contribution in [0.15, 0.2) is 138 Å². The summed E-state index contributed by atoms with van der Waals surface area (Å²) in [6.07, 6.45) is -0.324. The monoisotopic (exact) mass is 552 g/mol. The molecule has 10 rings (SSSR count). The number of furan rings is 1. The first-order valence-corrected chi connectivity index (χ1v) is 14.6. The van der Waals surface area contributed by atoms with Gasteiger partial charge in [0.05, 0.1) is 27.8 Å². The molecule has 0 saturated heterocycles. The molecule has 0 aliphatic carbocycles. The van der Waals surface area contributed by atoms with E-state index in [2.05, 4.69) is 119 Å². The van der Waals surface area contributed by atoms with Gasteiger partial charge in [-0.3, -0.25) is 0 Å². The van der Waals surface area contributed by atoms with E-state index in [0.29, 0.717) is 0 Å². The fourth-order valence-corrected chi connectivity index (χ4v) is 7.18. The van der Waals surface area contributed by atoms with Crippen molar-refractivity contribution in [3.05, 3.63) is 139 Å². The molecule has 4 heteroatoms. The van der Waals surface area contributed by atoms with Gasteiger partial charge in [0.15, 0.2) is 12.0 Å². The van der Waals surface area contributed by atoms with Crippen LogP contribution in [0.1, 0.15) is 11.8 Å². The maximum absolute atomic E-state index is 6.72. The van der Waals surface area contributed by atoms with Crippen LogP contribution in [0.2, 0.25) is 0 Å². The molecule has 4 nitrogen and oxygen atoms in total. The van der Waals surface area contributed by atoms with E-state index in [1.165, 1.54) is 38.0 Å². The average molecular weight is 553 g/mol. The van der Waals surface area contributed by atoms with Crippen LogP contribution in [0.5, 0.6) is 5.75 Å². The largest absolute Gasteiger partial charge is 0.463 e. The number of rotatable bonds is 2. The molecule has 1 aliphatic heterocycles. The predicted octanol–water partition coefficient (Wildman–Crippen LogP) is 10.5. The summed E-state index contributed by atoms with van der Waals surface area (Å²) >= 11 is 0. The van der Waals surface area contributed by atoms with E-state index in [1.807, 2.05) is 24.3 Å². The lowest BCUT2D eigenvalue weighted by Gasteiger charge is -2.18. The molecule has 43 heavy (non-hydrogen) atoms. The van der Waals surface area contributed by atoms with Crippen molar-refractivity contribution in [1.82, 2.24) is 4.57 Å². The second-order valence-electron chi connectivity index (χ2n) is 11.3. The third-order valence-electron chi connectivity index (χ3n) is 9.04. The molecule has 1 unspecified atom stereocenters. The quantitative estimate of drug-likeness (QED) is 0.232. The summed E-state index contributed by atoms with van der Waals surface area (Å²) in [4.78, 5) is 0. The van der Waals surface area contributed by atoms with Crippen LogP contribution in [0.4, 0.5) is 5.69 Å². The summed E-state index contributed by atoms with van der Waals surface area (Å²) in [6, 6.07) is 47.2. The number of hydrogen-bond acceptors (Lipinski definition) is 3. The summed E-state index contributed by atoms with van der Waals surface area (Å²) in [7, 11) is 0. The van der Waals surface area contributed by atoms with Crippen molar-refractivity contribution < 1.29 is 9.15 Å². The van der Waals surface area contributed by atoms with Gasteiger partial charge < -0.3 is 19.0 Å². The van der Waals surface area contributed by atoms with Crippen LogP contribution >= 0.6 is 0 Å². The number of benzene rings is 7.